The van der Waals surface area contributed by atoms with E-state index in [0.717, 1.165) is 22.4 Å². The number of benzene rings is 2. The molecule has 1 heterocycles. The fraction of sp³-hybridized carbons (Fsp3) is 0.217. The Balaban J connectivity index is 2.04. The first kappa shape index (κ1) is 20.2. The standard InChI is InChI=1S/C23H22N2O4/c1-4-28-23(26)20-9-8-19(11-22(20)29-15-27-3)25-13-18(12-24)21(14-25)17-7-5-6-16(2)10-17/h5-11,13-14H,4,15H2,1-3H3. The Hall–Kier alpha value is -3.56. The van der Waals surface area contributed by atoms with Crippen LogP contribution in [0.25, 0.3) is 16.8 Å². The molecule has 3 rings (SSSR count). The Morgan fingerprint density at radius 3 is 2.69 bits per heavy atom. The van der Waals surface area contributed by atoms with Crippen LogP contribution < -0.4 is 4.74 Å². The van der Waals surface area contributed by atoms with Gasteiger partial charge in [0, 0.05) is 36.8 Å². The number of aromatic nitrogens is 1. The second-order valence-electron chi connectivity index (χ2n) is 6.43. The molecule has 0 aliphatic rings. The number of carbonyl (C=O) groups is 1. The molecule has 148 valence electrons. The summed E-state index contributed by atoms with van der Waals surface area (Å²) in [5.74, 6) is -0.108. The van der Waals surface area contributed by atoms with Gasteiger partial charge in [-0.05, 0) is 31.5 Å². The minimum Gasteiger partial charge on any atom is -0.467 e. The van der Waals surface area contributed by atoms with Crippen LogP contribution in [0.1, 0.15) is 28.4 Å². The van der Waals surface area contributed by atoms with Gasteiger partial charge >= 0.3 is 5.97 Å². The number of esters is 1. The molecule has 0 saturated carbocycles. The average Bonchev–Trinajstić information content (AvgIpc) is 3.17. The molecule has 0 radical (unpaired) electrons. The minimum atomic E-state index is -0.462. The largest absolute Gasteiger partial charge is 0.467 e. The van der Waals surface area contributed by atoms with Crippen LogP contribution in [0.2, 0.25) is 0 Å². The third-order valence-electron chi connectivity index (χ3n) is 4.37. The fourth-order valence-corrected chi connectivity index (χ4v) is 3.03. The van der Waals surface area contributed by atoms with Crippen LogP contribution in [0.3, 0.4) is 0 Å². The van der Waals surface area contributed by atoms with Crippen LogP contribution in [-0.2, 0) is 9.47 Å². The van der Waals surface area contributed by atoms with E-state index in [0.29, 0.717) is 16.9 Å². The highest BCUT2D eigenvalue weighted by atomic mass is 16.7. The van der Waals surface area contributed by atoms with Gasteiger partial charge in [0.1, 0.15) is 17.4 Å². The molecule has 2 aromatic carbocycles. The summed E-state index contributed by atoms with van der Waals surface area (Å²) in [5, 5.41) is 9.59. The topological polar surface area (TPSA) is 73.5 Å². The van der Waals surface area contributed by atoms with E-state index in [1.807, 2.05) is 42.0 Å². The molecule has 0 aliphatic heterocycles. The highest BCUT2D eigenvalue weighted by molar-refractivity contribution is 5.93. The molecule has 0 atom stereocenters. The third kappa shape index (κ3) is 4.48. The zero-order valence-corrected chi connectivity index (χ0v) is 16.6. The van der Waals surface area contributed by atoms with E-state index in [1.54, 1.807) is 31.3 Å². The van der Waals surface area contributed by atoms with E-state index in [9.17, 15) is 10.1 Å². The SMILES string of the molecule is CCOC(=O)c1ccc(-n2cc(C#N)c(-c3cccc(C)c3)c2)cc1OCOC. The summed E-state index contributed by atoms with van der Waals surface area (Å²) in [6.45, 7) is 4.03. The summed E-state index contributed by atoms with van der Waals surface area (Å²) >= 11 is 0. The Bertz CT molecular complexity index is 1060. The minimum absolute atomic E-state index is 0.000472. The van der Waals surface area contributed by atoms with Crippen molar-refractivity contribution in [1.82, 2.24) is 4.57 Å². The number of carbonyl (C=O) groups excluding carboxylic acids is 1. The van der Waals surface area contributed by atoms with Gasteiger partial charge < -0.3 is 18.8 Å². The van der Waals surface area contributed by atoms with Gasteiger partial charge in [0.05, 0.1) is 12.2 Å². The summed E-state index contributed by atoms with van der Waals surface area (Å²) in [7, 11) is 1.51. The number of methoxy groups -OCH3 is 1. The van der Waals surface area contributed by atoms with Crippen LogP contribution in [-0.4, -0.2) is 31.0 Å². The van der Waals surface area contributed by atoms with Crippen LogP contribution in [0.5, 0.6) is 5.75 Å². The zero-order chi connectivity index (χ0) is 20.8. The molecule has 3 aromatic rings. The van der Waals surface area contributed by atoms with Gasteiger partial charge in [-0.2, -0.15) is 5.26 Å². The van der Waals surface area contributed by atoms with E-state index in [1.165, 1.54) is 7.11 Å². The second-order valence-corrected chi connectivity index (χ2v) is 6.43. The number of aryl methyl sites for hydroxylation is 1. The Morgan fingerprint density at radius 2 is 2.00 bits per heavy atom. The van der Waals surface area contributed by atoms with Crippen molar-refractivity contribution >= 4 is 5.97 Å². The predicted molar refractivity (Wildman–Crippen MR) is 109 cm³/mol. The summed E-state index contributed by atoms with van der Waals surface area (Å²) in [4.78, 5) is 12.2. The molecule has 0 unspecified atom stereocenters. The van der Waals surface area contributed by atoms with Gasteiger partial charge in [0.2, 0.25) is 0 Å². The maximum atomic E-state index is 12.2. The Kier molecular flexibility index (Phi) is 6.32. The van der Waals surface area contributed by atoms with E-state index >= 15 is 0 Å². The van der Waals surface area contributed by atoms with Crippen molar-refractivity contribution < 1.29 is 19.0 Å². The molecule has 6 heteroatoms. The van der Waals surface area contributed by atoms with Crippen molar-refractivity contribution in [2.24, 2.45) is 0 Å². The molecule has 6 nitrogen and oxygen atoms in total. The van der Waals surface area contributed by atoms with Crippen molar-refractivity contribution in [2.75, 3.05) is 20.5 Å². The van der Waals surface area contributed by atoms with E-state index in [-0.39, 0.29) is 13.4 Å². The lowest BCUT2D eigenvalue weighted by Gasteiger charge is -2.12. The maximum absolute atomic E-state index is 12.2. The van der Waals surface area contributed by atoms with Crippen LogP contribution in [0, 0.1) is 18.3 Å². The van der Waals surface area contributed by atoms with E-state index in [4.69, 9.17) is 14.2 Å². The number of ether oxygens (including phenoxy) is 3. The first-order valence-electron chi connectivity index (χ1n) is 9.19. The summed E-state index contributed by atoms with van der Waals surface area (Å²) < 4.78 is 17.5. The highest BCUT2D eigenvalue weighted by Crippen LogP contribution is 2.29. The number of hydrogen-bond acceptors (Lipinski definition) is 5. The third-order valence-corrected chi connectivity index (χ3v) is 4.37. The summed E-state index contributed by atoms with van der Waals surface area (Å²) in [6.07, 6.45) is 3.66. The van der Waals surface area contributed by atoms with Gasteiger partial charge in [-0.25, -0.2) is 4.79 Å². The van der Waals surface area contributed by atoms with Crippen molar-refractivity contribution in [2.45, 2.75) is 13.8 Å². The van der Waals surface area contributed by atoms with Crippen molar-refractivity contribution in [3.63, 3.8) is 0 Å². The first-order chi connectivity index (χ1) is 14.1. The molecule has 0 saturated heterocycles. The van der Waals surface area contributed by atoms with Gasteiger partial charge in [-0.1, -0.05) is 29.8 Å². The van der Waals surface area contributed by atoms with Crippen LogP contribution in [0.15, 0.2) is 54.9 Å². The van der Waals surface area contributed by atoms with Gasteiger partial charge in [0.25, 0.3) is 0 Å². The molecule has 1 aromatic heterocycles. The summed E-state index contributed by atoms with van der Waals surface area (Å²) in [6, 6.07) is 15.4. The number of nitriles is 1. The van der Waals surface area contributed by atoms with Crippen molar-refractivity contribution in [3.05, 3.63) is 71.5 Å². The average molecular weight is 390 g/mol. The first-order valence-corrected chi connectivity index (χ1v) is 9.19. The molecular weight excluding hydrogens is 368 g/mol. The number of hydrogen-bond donors (Lipinski definition) is 0. The molecule has 0 amide bonds. The predicted octanol–water partition coefficient (Wildman–Crippen LogP) is 4.48. The normalized spacial score (nSPS) is 10.4. The molecule has 0 N–H and O–H groups in total. The number of rotatable bonds is 7. The van der Waals surface area contributed by atoms with Gasteiger partial charge in [0.15, 0.2) is 6.79 Å². The van der Waals surface area contributed by atoms with Gasteiger partial charge in [-0.15, -0.1) is 0 Å². The van der Waals surface area contributed by atoms with E-state index in [2.05, 4.69) is 6.07 Å². The smallest absolute Gasteiger partial charge is 0.341 e. The number of nitrogens with zero attached hydrogens (tertiary/aromatic N) is 2. The summed E-state index contributed by atoms with van der Waals surface area (Å²) in [5.41, 5.74) is 4.56. The van der Waals surface area contributed by atoms with Crippen molar-refractivity contribution in [1.29, 1.82) is 5.26 Å². The quantitative estimate of drug-likeness (QED) is 0.439. The lowest BCUT2D eigenvalue weighted by Crippen LogP contribution is -2.10. The lowest BCUT2D eigenvalue weighted by molar-refractivity contribution is 0.0438. The van der Waals surface area contributed by atoms with E-state index < -0.39 is 5.97 Å². The Labute approximate surface area is 169 Å². The lowest BCUT2D eigenvalue weighted by atomic mass is 10.0. The highest BCUT2D eigenvalue weighted by Gasteiger charge is 2.16. The maximum Gasteiger partial charge on any atom is 0.341 e. The molecule has 29 heavy (non-hydrogen) atoms. The molecular formula is C23H22N2O4. The molecule has 0 spiro atoms. The molecule has 0 fully saturated rings. The monoisotopic (exact) mass is 390 g/mol. The van der Waals surface area contributed by atoms with Crippen molar-refractivity contribution in [3.8, 4) is 28.6 Å². The van der Waals surface area contributed by atoms with Crippen LogP contribution in [0.4, 0.5) is 0 Å². The van der Waals surface area contributed by atoms with Gasteiger partial charge in [-0.3, -0.25) is 0 Å². The molecule has 0 aliphatic carbocycles. The molecule has 0 bridgehead atoms. The second kappa shape index (κ2) is 9.09. The zero-order valence-electron chi connectivity index (χ0n) is 16.6. The fourth-order valence-electron chi connectivity index (χ4n) is 3.03. The Morgan fingerprint density at radius 1 is 1.17 bits per heavy atom. The van der Waals surface area contributed by atoms with Crippen LogP contribution >= 0.6 is 0 Å².